The summed E-state index contributed by atoms with van der Waals surface area (Å²) in [5.74, 6) is 0.933. The number of carbonyl (C=O) groups excluding carboxylic acids is 1. The van der Waals surface area contributed by atoms with Gasteiger partial charge in [0.15, 0.2) is 5.82 Å². The Morgan fingerprint density at radius 3 is 2.84 bits per heavy atom. The zero-order chi connectivity index (χ0) is 18.0. The van der Waals surface area contributed by atoms with Crippen molar-refractivity contribution < 1.29 is 17.7 Å². The number of aryl methyl sites for hydroxylation is 1. The van der Waals surface area contributed by atoms with Crippen LogP contribution >= 0.6 is 0 Å². The van der Waals surface area contributed by atoms with E-state index in [1.54, 1.807) is 24.0 Å². The zero-order valence-corrected chi connectivity index (χ0v) is 15.0. The van der Waals surface area contributed by atoms with Crippen LogP contribution in [0, 0.1) is 12.8 Å². The van der Waals surface area contributed by atoms with E-state index in [0.29, 0.717) is 30.3 Å². The Balaban J connectivity index is 1.82. The molecule has 1 aromatic carbocycles. The molecule has 8 heteroatoms. The molecule has 7 nitrogen and oxygen atoms in total. The second-order valence-electron chi connectivity index (χ2n) is 6.45. The van der Waals surface area contributed by atoms with Crippen molar-refractivity contribution in [3.05, 3.63) is 41.7 Å². The molecule has 0 spiro atoms. The minimum atomic E-state index is -3.84. The molecule has 134 valence electrons. The molecule has 0 saturated carbocycles. The molecule has 0 bridgehead atoms. The third-order valence-electron chi connectivity index (χ3n) is 4.20. The van der Waals surface area contributed by atoms with Crippen LogP contribution in [0.3, 0.4) is 0 Å². The van der Waals surface area contributed by atoms with Crippen LogP contribution in [0.1, 0.15) is 35.9 Å². The van der Waals surface area contributed by atoms with E-state index >= 15 is 0 Å². The van der Waals surface area contributed by atoms with E-state index in [2.05, 4.69) is 16.8 Å². The maximum Gasteiger partial charge on any atom is 0.263 e. The average Bonchev–Trinajstić information content (AvgIpc) is 2.98. The van der Waals surface area contributed by atoms with Crippen LogP contribution in [0.5, 0.6) is 0 Å². The fourth-order valence-electron chi connectivity index (χ4n) is 2.96. The van der Waals surface area contributed by atoms with Crippen LogP contribution < -0.4 is 4.72 Å². The van der Waals surface area contributed by atoms with Gasteiger partial charge in [-0.1, -0.05) is 18.1 Å². The van der Waals surface area contributed by atoms with Crippen LogP contribution in [-0.2, 0) is 10.0 Å². The number of likely N-dealkylation sites (tertiary alicyclic amines) is 1. The van der Waals surface area contributed by atoms with Crippen LogP contribution in [0.15, 0.2) is 39.8 Å². The molecular formula is C17H21N3O4S. The summed E-state index contributed by atoms with van der Waals surface area (Å²) in [7, 11) is -3.84. The normalized spacial score (nSPS) is 18.2. The Labute approximate surface area is 147 Å². The van der Waals surface area contributed by atoms with Crippen molar-refractivity contribution >= 4 is 21.7 Å². The van der Waals surface area contributed by atoms with Gasteiger partial charge in [-0.2, -0.15) is 0 Å². The second-order valence-corrected chi connectivity index (χ2v) is 8.14. The Bertz CT molecular complexity index is 876. The molecular weight excluding hydrogens is 342 g/mol. The number of nitrogens with one attached hydrogen (secondary N) is 1. The second kappa shape index (κ2) is 6.87. The van der Waals surface area contributed by atoms with Crippen molar-refractivity contribution in [3.63, 3.8) is 0 Å². The lowest BCUT2D eigenvalue weighted by Crippen LogP contribution is -2.39. The van der Waals surface area contributed by atoms with Crippen LogP contribution in [-0.4, -0.2) is 37.5 Å². The van der Waals surface area contributed by atoms with Crippen molar-refractivity contribution in [3.8, 4) is 0 Å². The van der Waals surface area contributed by atoms with Gasteiger partial charge in [0.25, 0.3) is 15.9 Å². The summed E-state index contributed by atoms with van der Waals surface area (Å²) in [5, 5.41) is 3.63. The first-order chi connectivity index (χ1) is 11.8. The summed E-state index contributed by atoms with van der Waals surface area (Å²) in [6.07, 6.45) is 2.08. The lowest BCUT2D eigenvalue weighted by molar-refractivity contribution is 0.0683. The highest BCUT2D eigenvalue weighted by molar-refractivity contribution is 7.92. The van der Waals surface area contributed by atoms with E-state index in [1.165, 1.54) is 18.2 Å². The number of piperidine rings is 1. The number of hydrogen-bond donors (Lipinski definition) is 1. The Hall–Kier alpha value is -2.35. The summed E-state index contributed by atoms with van der Waals surface area (Å²) < 4.78 is 32.2. The van der Waals surface area contributed by atoms with Gasteiger partial charge in [0.1, 0.15) is 5.76 Å². The average molecular weight is 363 g/mol. The highest BCUT2D eigenvalue weighted by Crippen LogP contribution is 2.21. The van der Waals surface area contributed by atoms with E-state index < -0.39 is 10.0 Å². The van der Waals surface area contributed by atoms with Gasteiger partial charge >= 0.3 is 0 Å². The molecule has 1 saturated heterocycles. The fourth-order valence-corrected chi connectivity index (χ4v) is 3.99. The summed E-state index contributed by atoms with van der Waals surface area (Å²) in [5.41, 5.74) is 0.369. The first-order valence-corrected chi connectivity index (χ1v) is 9.69. The smallest absolute Gasteiger partial charge is 0.263 e. The molecule has 3 rings (SSSR count). The fraction of sp³-hybridized carbons (Fsp3) is 0.412. The monoisotopic (exact) mass is 363 g/mol. The molecule has 25 heavy (non-hydrogen) atoms. The molecule has 1 aromatic heterocycles. The number of nitrogens with zero attached hydrogens (tertiary/aromatic N) is 2. The molecule has 0 aliphatic carbocycles. The first kappa shape index (κ1) is 17.5. The largest absolute Gasteiger partial charge is 0.360 e. The van der Waals surface area contributed by atoms with Crippen molar-refractivity contribution in [2.24, 2.45) is 5.92 Å². The maximum atomic E-state index is 12.7. The maximum absolute atomic E-state index is 12.7. The van der Waals surface area contributed by atoms with Crippen LogP contribution in [0.4, 0.5) is 5.82 Å². The molecule has 2 heterocycles. The van der Waals surface area contributed by atoms with Crippen LogP contribution in [0.2, 0.25) is 0 Å². The molecule has 1 amide bonds. The SMILES string of the molecule is Cc1cc(NS(=O)(=O)c2cccc(C(=O)N3CCCC(C)C3)c2)no1. The van der Waals surface area contributed by atoms with Crippen molar-refractivity contribution in [1.82, 2.24) is 10.1 Å². The topological polar surface area (TPSA) is 92.5 Å². The van der Waals surface area contributed by atoms with Gasteiger partial charge < -0.3 is 9.42 Å². The number of sulfonamides is 1. The van der Waals surface area contributed by atoms with Gasteiger partial charge in [0, 0.05) is 24.7 Å². The van der Waals surface area contributed by atoms with Crippen molar-refractivity contribution in [1.29, 1.82) is 0 Å². The molecule has 2 aromatic rings. The number of aromatic nitrogens is 1. The molecule has 0 radical (unpaired) electrons. The van der Waals surface area contributed by atoms with E-state index in [1.807, 2.05) is 0 Å². The number of anilines is 1. The van der Waals surface area contributed by atoms with E-state index in [4.69, 9.17) is 4.52 Å². The minimum Gasteiger partial charge on any atom is -0.360 e. The molecule has 1 fully saturated rings. The predicted molar refractivity (Wildman–Crippen MR) is 92.8 cm³/mol. The van der Waals surface area contributed by atoms with Gasteiger partial charge in [-0.25, -0.2) is 8.42 Å². The van der Waals surface area contributed by atoms with Gasteiger partial charge in [0.2, 0.25) is 0 Å². The quantitative estimate of drug-likeness (QED) is 0.901. The Morgan fingerprint density at radius 1 is 1.36 bits per heavy atom. The Morgan fingerprint density at radius 2 is 2.16 bits per heavy atom. The summed E-state index contributed by atoms with van der Waals surface area (Å²) >= 11 is 0. The van der Waals surface area contributed by atoms with E-state index in [-0.39, 0.29) is 16.6 Å². The standard InChI is InChI=1S/C17H21N3O4S/c1-12-5-4-8-20(11-12)17(21)14-6-3-7-15(10-14)25(22,23)19-16-9-13(2)24-18-16/h3,6-7,9-10,12H,4-5,8,11H2,1-2H3,(H,18,19). The predicted octanol–water partition coefficient (Wildman–Crippen LogP) is 2.66. The highest BCUT2D eigenvalue weighted by Gasteiger charge is 2.24. The zero-order valence-electron chi connectivity index (χ0n) is 14.2. The third kappa shape index (κ3) is 4.01. The molecule has 1 atom stereocenters. The lowest BCUT2D eigenvalue weighted by atomic mass is 9.99. The number of rotatable bonds is 4. The molecule has 1 unspecified atom stereocenters. The summed E-state index contributed by atoms with van der Waals surface area (Å²) in [6.45, 7) is 5.19. The number of amides is 1. The number of hydrogen-bond acceptors (Lipinski definition) is 5. The summed E-state index contributed by atoms with van der Waals surface area (Å²) in [4.78, 5) is 14.5. The molecule has 1 aliphatic rings. The summed E-state index contributed by atoms with van der Waals surface area (Å²) in [6, 6.07) is 7.55. The Kier molecular flexibility index (Phi) is 4.80. The molecule has 1 aliphatic heterocycles. The van der Waals surface area contributed by atoms with Crippen molar-refractivity contribution in [2.45, 2.75) is 31.6 Å². The van der Waals surface area contributed by atoms with Crippen molar-refractivity contribution in [2.75, 3.05) is 17.8 Å². The van der Waals surface area contributed by atoms with Gasteiger partial charge in [-0.05, 0) is 43.9 Å². The van der Waals surface area contributed by atoms with Gasteiger partial charge in [-0.3, -0.25) is 9.52 Å². The van der Waals surface area contributed by atoms with E-state index in [9.17, 15) is 13.2 Å². The number of benzene rings is 1. The van der Waals surface area contributed by atoms with Crippen LogP contribution in [0.25, 0.3) is 0 Å². The van der Waals surface area contributed by atoms with E-state index in [0.717, 1.165) is 12.8 Å². The van der Waals surface area contributed by atoms with Gasteiger partial charge in [0.05, 0.1) is 4.90 Å². The highest BCUT2D eigenvalue weighted by atomic mass is 32.2. The molecule has 1 N–H and O–H groups in total. The number of carbonyl (C=O) groups is 1. The first-order valence-electron chi connectivity index (χ1n) is 8.20. The minimum absolute atomic E-state index is 0.0176. The van der Waals surface area contributed by atoms with Gasteiger partial charge in [-0.15, -0.1) is 0 Å². The third-order valence-corrected chi connectivity index (χ3v) is 5.55. The lowest BCUT2D eigenvalue weighted by Gasteiger charge is -2.31.